The Kier molecular flexibility index (Phi) is 5.78. The Morgan fingerprint density at radius 3 is 2.50 bits per heavy atom. The summed E-state index contributed by atoms with van der Waals surface area (Å²) in [6.07, 6.45) is 0.749. The Morgan fingerprint density at radius 2 is 1.94 bits per heavy atom. The second-order valence-corrected chi connectivity index (χ2v) is 4.16. The van der Waals surface area contributed by atoms with Crippen LogP contribution in [0.15, 0.2) is 18.2 Å². The number of hydrogen-bond acceptors (Lipinski definition) is 3. The monoisotopic (exact) mass is 271 g/mol. The van der Waals surface area contributed by atoms with Crippen molar-refractivity contribution in [3.8, 4) is 11.5 Å². The molecule has 0 heterocycles. The van der Waals surface area contributed by atoms with Gasteiger partial charge in [0.1, 0.15) is 5.88 Å². The molecule has 1 amide bonds. The van der Waals surface area contributed by atoms with E-state index < -0.39 is 0 Å². The summed E-state index contributed by atoms with van der Waals surface area (Å²) in [5.74, 6) is 1.34. The summed E-state index contributed by atoms with van der Waals surface area (Å²) in [4.78, 5) is 12.9. The van der Waals surface area contributed by atoms with Crippen molar-refractivity contribution in [2.24, 2.45) is 0 Å². The number of carbonyl (C=O) groups is 1. The molecule has 0 aromatic heterocycles. The summed E-state index contributed by atoms with van der Waals surface area (Å²) in [5.41, 5.74) is 1.09. The van der Waals surface area contributed by atoms with Gasteiger partial charge < -0.3 is 14.4 Å². The molecule has 100 valence electrons. The smallest absolute Gasteiger partial charge is 0.237 e. The molecule has 0 aliphatic carbocycles. The van der Waals surface area contributed by atoms with Gasteiger partial charge in [-0.2, -0.15) is 0 Å². The van der Waals surface area contributed by atoms with Crippen LogP contribution in [0, 0.1) is 0 Å². The van der Waals surface area contributed by atoms with E-state index in [1.807, 2.05) is 18.2 Å². The molecule has 4 nitrogen and oxygen atoms in total. The van der Waals surface area contributed by atoms with Gasteiger partial charge in [-0.25, -0.2) is 0 Å². The number of rotatable bonds is 6. The fraction of sp³-hybridized carbons (Fsp3) is 0.462. The quantitative estimate of drug-likeness (QED) is 0.743. The molecular weight excluding hydrogens is 254 g/mol. The number of halogens is 1. The van der Waals surface area contributed by atoms with Crippen molar-refractivity contribution >= 4 is 17.5 Å². The molecule has 1 aromatic carbocycles. The lowest BCUT2D eigenvalue weighted by Crippen LogP contribution is -2.29. The first-order valence-corrected chi connectivity index (χ1v) is 6.16. The first-order chi connectivity index (χ1) is 8.62. The molecule has 1 rings (SSSR count). The minimum absolute atomic E-state index is 0.0163. The van der Waals surface area contributed by atoms with Crippen molar-refractivity contribution in [2.75, 3.05) is 33.7 Å². The Bertz CT molecular complexity index is 409. The molecule has 0 N–H and O–H groups in total. The van der Waals surface area contributed by atoms with Crippen LogP contribution in [-0.4, -0.2) is 44.5 Å². The lowest BCUT2D eigenvalue weighted by Gasteiger charge is -2.16. The second kappa shape index (κ2) is 7.11. The van der Waals surface area contributed by atoms with E-state index in [-0.39, 0.29) is 11.8 Å². The predicted molar refractivity (Wildman–Crippen MR) is 71.6 cm³/mol. The van der Waals surface area contributed by atoms with E-state index in [1.54, 1.807) is 26.2 Å². The number of benzene rings is 1. The van der Waals surface area contributed by atoms with Crippen LogP contribution in [0.1, 0.15) is 5.56 Å². The van der Waals surface area contributed by atoms with Crippen LogP contribution in [0.5, 0.6) is 11.5 Å². The fourth-order valence-corrected chi connectivity index (χ4v) is 1.76. The average molecular weight is 272 g/mol. The number of alkyl halides is 1. The molecule has 0 aliphatic heterocycles. The number of likely N-dealkylation sites (N-methyl/N-ethyl adjacent to an activating group) is 1. The summed E-state index contributed by atoms with van der Waals surface area (Å²) < 4.78 is 10.4. The number of carbonyl (C=O) groups excluding carboxylic acids is 1. The first kappa shape index (κ1) is 14.6. The Morgan fingerprint density at radius 1 is 1.28 bits per heavy atom. The second-order valence-electron chi connectivity index (χ2n) is 3.89. The van der Waals surface area contributed by atoms with Crippen molar-refractivity contribution < 1.29 is 14.3 Å². The van der Waals surface area contributed by atoms with Crippen molar-refractivity contribution in [3.05, 3.63) is 23.8 Å². The Hall–Kier alpha value is -1.42. The number of ether oxygens (including phenoxy) is 2. The van der Waals surface area contributed by atoms with Crippen LogP contribution >= 0.6 is 11.6 Å². The van der Waals surface area contributed by atoms with Crippen LogP contribution in [0.4, 0.5) is 0 Å². The SMILES string of the molecule is COc1ccc(CCN(C)C(=O)CCl)cc1OC. The highest BCUT2D eigenvalue weighted by molar-refractivity contribution is 6.27. The molecule has 0 bridgehead atoms. The molecule has 1 aromatic rings. The fourth-order valence-electron chi connectivity index (χ4n) is 1.56. The minimum atomic E-state index is -0.0721. The number of nitrogens with zero attached hydrogens (tertiary/aromatic N) is 1. The van der Waals surface area contributed by atoms with Gasteiger partial charge in [-0.05, 0) is 24.1 Å². The van der Waals surface area contributed by atoms with Crippen molar-refractivity contribution in [1.82, 2.24) is 4.90 Å². The number of hydrogen-bond donors (Lipinski definition) is 0. The van der Waals surface area contributed by atoms with Crippen LogP contribution in [0.2, 0.25) is 0 Å². The average Bonchev–Trinajstić information content (AvgIpc) is 2.43. The van der Waals surface area contributed by atoms with E-state index in [1.165, 1.54) is 0 Å². The Balaban J connectivity index is 2.65. The molecule has 5 heteroatoms. The summed E-state index contributed by atoms with van der Waals surface area (Å²) in [7, 11) is 4.95. The molecule has 0 atom stereocenters. The molecule has 18 heavy (non-hydrogen) atoms. The highest BCUT2D eigenvalue weighted by Crippen LogP contribution is 2.27. The molecule has 0 saturated carbocycles. The van der Waals surface area contributed by atoms with E-state index in [4.69, 9.17) is 21.1 Å². The van der Waals surface area contributed by atoms with Gasteiger partial charge in [0.2, 0.25) is 5.91 Å². The molecule has 0 unspecified atom stereocenters. The Labute approximate surface area is 112 Å². The van der Waals surface area contributed by atoms with Gasteiger partial charge in [0, 0.05) is 13.6 Å². The van der Waals surface area contributed by atoms with Crippen LogP contribution in [0.25, 0.3) is 0 Å². The van der Waals surface area contributed by atoms with Crippen LogP contribution in [0.3, 0.4) is 0 Å². The van der Waals surface area contributed by atoms with E-state index in [9.17, 15) is 4.79 Å². The van der Waals surface area contributed by atoms with E-state index >= 15 is 0 Å². The molecule has 0 saturated heterocycles. The van der Waals surface area contributed by atoms with Crippen molar-refractivity contribution in [1.29, 1.82) is 0 Å². The lowest BCUT2D eigenvalue weighted by atomic mass is 10.1. The van der Waals surface area contributed by atoms with Gasteiger partial charge in [0.15, 0.2) is 11.5 Å². The predicted octanol–water partition coefficient (Wildman–Crippen LogP) is 1.94. The van der Waals surface area contributed by atoms with Gasteiger partial charge in [-0.3, -0.25) is 4.79 Å². The minimum Gasteiger partial charge on any atom is -0.493 e. The largest absolute Gasteiger partial charge is 0.493 e. The van der Waals surface area contributed by atoms with Gasteiger partial charge in [-0.1, -0.05) is 6.07 Å². The normalized spacial score (nSPS) is 10.0. The van der Waals surface area contributed by atoms with Gasteiger partial charge >= 0.3 is 0 Å². The van der Waals surface area contributed by atoms with Crippen LogP contribution in [-0.2, 0) is 11.2 Å². The number of amides is 1. The van der Waals surface area contributed by atoms with Gasteiger partial charge in [0.25, 0.3) is 0 Å². The highest BCUT2D eigenvalue weighted by Gasteiger charge is 2.08. The third-order valence-electron chi connectivity index (χ3n) is 2.72. The van der Waals surface area contributed by atoms with E-state index in [0.717, 1.165) is 12.0 Å². The summed E-state index contributed by atoms with van der Waals surface area (Å²) in [5, 5.41) is 0. The summed E-state index contributed by atoms with van der Waals surface area (Å²) >= 11 is 5.49. The number of methoxy groups -OCH3 is 2. The molecule has 0 radical (unpaired) electrons. The maximum Gasteiger partial charge on any atom is 0.237 e. The zero-order valence-electron chi connectivity index (χ0n) is 10.9. The third kappa shape index (κ3) is 3.81. The third-order valence-corrected chi connectivity index (χ3v) is 2.95. The summed E-state index contributed by atoms with van der Waals surface area (Å²) in [6.45, 7) is 0.626. The zero-order chi connectivity index (χ0) is 13.5. The zero-order valence-corrected chi connectivity index (χ0v) is 11.7. The lowest BCUT2D eigenvalue weighted by molar-refractivity contribution is -0.127. The molecule has 0 spiro atoms. The highest BCUT2D eigenvalue weighted by atomic mass is 35.5. The van der Waals surface area contributed by atoms with E-state index in [0.29, 0.717) is 18.0 Å². The van der Waals surface area contributed by atoms with Crippen molar-refractivity contribution in [3.63, 3.8) is 0 Å². The van der Waals surface area contributed by atoms with Gasteiger partial charge in [0.05, 0.1) is 14.2 Å². The van der Waals surface area contributed by atoms with Gasteiger partial charge in [-0.15, -0.1) is 11.6 Å². The van der Waals surface area contributed by atoms with E-state index in [2.05, 4.69) is 0 Å². The maximum absolute atomic E-state index is 11.3. The molecular formula is C13H18ClNO3. The first-order valence-electron chi connectivity index (χ1n) is 5.63. The van der Waals surface area contributed by atoms with Crippen molar-refractivity contribution in [2.45, 2.75) is 6.42 Å². The molecule has 0 fully saturated rings. The maximum atomic E-state index is 11.3. The van der Waals surface area contributed by atoms with Crippen LogP contribution < -0.4 is 9.47 Å². The summed E-state index contributed by atoms with van der Waals surface area (Å²) in [6, 6.07) is 5.73. The molecule has 0 aliphatic rings. The topological polar surface area (TPSA) is 38.8 Å². The standard InChI is InChI=1S/C13H18ClNO3/c1-15(13(16)9-14)7-6-10-4-5-11(17-2)12(8-10)18-3/h4-5,8H,6-7,9H2,1-3H3.